The first-order valence-corrected chi connectivity index (χ1v) is 42.3. The molecule has 4 aliphatic carbocycles. The summed E-state index contributed by atoms with van der Waals surface area (Å²) in [4.78, 5) is 32.0. The summed E-state index contributed by atoms with van der Waals surface area (Å²) in [5.74, 6) is 0.595. The van der Waals surface area contributed by atoms with Gasteiger partial charge < -0.3 is 15.8 Å². The van der Waals surface area contributed by atoms with Gasteiger partial charge in [0.25, 0.3) is 0 Å². The van der Waals surface area contributed by atoms with E-state index in [-0.39, 0.29) is 6.61 Å². The highest BCUT2D eigenvalue weighted by Gasteiger charge is 2.28. The Morgan fingerprint density at radius 1 is 0.563 bits per heavy atom. The number of aliphatic imine (C=N–C) groups is 1. The lowest BCUT2D eigenvalue weighted by atomic mass is 9.85. The number of aromatic amines is 7. The first kappa shape index (κ1) is 77.3. The van der Waals surface area contributed by atoms with Crippen molar-refractivity contribution in [1.29, 1.82) is 0 Å². The second-order valence-corrected chi connectivity index (χ2v) is 32.1. The fourth-order valence-electron chi connectivity index (χ4n) is 17.8. The Labute approximate surface area is 698 Å². The number of benzene rings is 4. The molecule has 0 spiro atoms. The third-order valence-corrected chi connectivity index (χ3v) is 24.4. The number of aryl methyl sites for hydroxylation is 8. The summed E-state index contributed by atoms with van der Waals surface area (Å²) in [7, 11) is 3.79. The van der Waals surface area contributed by atoms with Crippen LogP contribution in [0.4, 0.5) is 5.82 Å². The number of nitrogens with one attached hydrogen (secondary N) is 7. The molecule has 0 atom stereocenters. The number of aliphatic hydroxyl groups excluding tert-OH is 1. The van der Waals surface area contributed by atoms with E-state index >= 15 is 0 Å². The van der Waals surface area contributed by atoms with Crippen LogP contribution >= 0.6 is 22.6 Å². The monoisotopic (exact) mass is 1690 g/mol. The Kier molecular flexibility index (Phi) is 22.0. The van der Waals surface area contributed by atoms with Crippen molar-refractivity contribution >= 4 is 133 Å². The number of nitrogens with two attached hydrogens (primary N) is 1. The number of nitrogen functional groups attached to an aromatic ring is 1. The van der Waals surface area contributed by atoms with Gasteiger partial charge in [0.05, 0.1) is 164 Å². The van der Waals surface area contributed by atoms with Gasteiger partial charge in [0.2, 0.25) is 0 Å². The number of imidazole rings is 1. The van der Waals surface area contributed by atoms with Crippen LogP contribution in [0.1, 0.15) is 150 Å². The molecule has 0 bridgehead atoms. The summed E-state index contributed by atoms with van der Waals surface area (Å²) in [5, 5.41) is 75.5. The van der Waals surface area contributed by atoms with Crippen LogP contribution in [0, 0.1) is 17.5 Å². The van der Waals surface area contributed by atoms with Crippen molar-refractivity contribution in [2.75, 3.05) is 12.3 Å². The Bertz CT molecular complexity index is 6900. The molecule has 0 aliphatic heterocycles. The van der Waals surface area contributed by atoms with Gasteiger partial charge >= 0.3 is 0 Å². The maximum absolute atomic E-state index is 9.13. The minimum Gasteiger partial charge on any atom is -0.394 e. The molecule has 14 heterocycles. The van der Waals surface area contributed by atoms with Crippen molar-refractivity contribution in [1.82, 2.24) is 120 Å². The Balaban J connectivity index is 0.000000102. The zero-order valence-corrected chi connectivity index (χ0v) is 69.5. The number of pyridine rings is 4. The molecule has 14 aromatic heterocycles. The molecule has 0 saturated carbocycles. The van der Waals surface area contributed by atoms with E-state index in [0.717, 1.165) is 203 Å². The summed E-state index contributed by atoms with van der Waals surface area (Å²) in [5.41, 5.74) is 39.9. The predicted molar refractivity (Wildman–Crippen MR) is 481 cm³/mol. The van der Waals surface area contributed by atoms with Crippen molar-refractivity contribution in [2.45, 2.75) is 149 Å². The summed E-state index contributed by atoms with van der Waals surface area (Å²) in [6.07, 6.45) is 52.0. The largest absolute Gasteiger partial charge is 0.394 e. The molecule has 27 nitrogen and oxygen atoms in total. The summed E-state index contributed by atoms with van der Waals surface area (Å²) in [6.45, 7) is 10.6. The van der Waals surface area contributed by atoms with Crippen LogP contribution in [-0.2, 0) is 72.0 Å². The molecule has 28 heteroatoms. The van der Waals surface area contributed by atoms with Crippen molar-refractivity contribution < 1.29 is 5.11 Å². The lowest BCUT2D eigenvalue weighted by molar-refractivity contribution is 0.269. The van der Waals surface area contributed by atoms with Crippen LogP contribution < -0.4 is 5.73 Å². The molecule has 0 amide bonds. The summed E-state index contributed by atoms with van der Waals surface area (Å²) < 4.78 is 6.39. The molecular weight excluding hydrogens is 1600 g/mol. The van der Waals surface area contributed by atoms with Gasteiger partial charge in [0.15, 0.2) is 0 Å². The number of halogens is 1. The van der Waals surface area contributed by atoms with Crippen LogP contribution in [0.5, 0.6) is 0 Å². The Hall–Kier alpha value is -13.0. The first-order valence-electron chi connectivity index (χ1n) is 41.2. The molecule has 22 rings (SSSR count). The highest BCUT2D eigenvalue weighted by atomic mass is 127. The normalized spacial score (nSPS) is 14.0. The van der Waals surface area contributed by atoms with Crippen molar-refractivity contribution in [2.24, 2.45) is 19.1 Å². The van der Waals surface area contributed by atoms with E-state index in [9.17, 15) is 0 Å². The molecule has 0 saturated heterocycles. The lowest BCUT2D eigenvalue weighted by Gasteiger charge is -2.21. The van der Waals surface area contributed by atoms with E-state index in [4.69, 9.17) is 30.8 Å². The molecule has 18 aromatic rings. The molecule has 0 unspecified atom stereocenters. The molecule has 600 valence electrons. The van der Waals surface area contributed by atoms with E-state index in [1.807, 2.05) is 80.4 Å². The van der Waals surface area contributed by atoms with Gasteiger partial charge in [0, 0.05) is 104 Å². The van der Waals surface area contributed by atoms with Gasteiger partial charge in [-0.15, -0.1) is 0 Å². The molecular formula is C91H93IN26O. The second-order valence-electron chi connectivity index (χ2n) is 31.0. The summed E-state index contributed by atoms with van der Waals surface area (Å²) >= 11 is 2.34. The lowest BCUT2D eigenvalue weighted by Crippen LogP contribution is -2.08. The second kappa shape index (κ2) is 33.9. The number of fused-ring (bicyclic) bond motifs is 20. The molecule has 10 N–H and O–H groups in total. The van der Waals surface area contributed by atoms with Gasteiger partial charge in [-0.05, 0) is 257 Å². The topological polar surface area (TPSA) is 364 Å². The maximum atomic E-state index is 9.13. The van der Waals surface area contributed by atoms with Crippen LogP contribution in [-0.4, -0.2) is 138 Å². The number of nitrogens with zero attached hydrogens (tertiary/aromatic N) is 18. The molecule has 4 aromatic carbocycles. The predicted octanol–water partition coefficient (Wildman–Crippen LogP) is 17.8. The Morgan fingerprint density at radius 2 is 1.09 bits per heavy atom. The smallest absolute Gasteiger partial charge is 0.130 e. The standard InChI is InChI=1S/C19H19N5O.C19H19N5.C18H16IN5.C18H24N6.C17H15N5/c25-8-7-24-11-12(9-21-24)19-14-4-2-1-3-13(14)18-15-10-20-23-16(15)5-6-17(18)22-19;1-11-15(10-24(2)23-11)19-13-6-4-3-5-12(13)18-14-9-20-22-16(14)7-8-17(18)21-19;1-9-12(8-20-22-9)17-11-5-3-2-4-10(11)15-13(21-17)6-7-14-16(15)18(19)24-23-14;1-4-6-7-8-9-17(15-13-22-24(3)18(15)19)20-11-10-14-12-21-23-16(14)5-2;1-2-4-11-10(3-1)16-12-7-20-22-13(12)5-6-14(16)21-17(11)15-8-18-9-19-15/h5-6,9-11,25H,1-4,7-8H2,(H,20,23);7-10H,3-6H2,1-2H3,(H,20,22);6-8H,2-5H2,1H3,(H,20,22)(H,23,24);5,8-13H,2,4,6-7,19H2,1,3H3,(H,21,23);5-9H,1-4H2,(H,18,19)(H,20,22)/b;;;9-8+,11-10+,20-17-;. The minimum atomic E-state index is 0.0862. The SMILES string of the molecule is C=Cc1[nH]ncc1/C=C/N=C(/C=C/CCCC)c1cnn(C)c1N.Cc1[nH]ncc1-c1nc2ccc3n[nH]c(I)c3c2c2c1CCCC2.Cc1nn(C)cc1-c1nc2ccc3[nH]ncc3c2c2c1CCCC2.OCCn1cc(-c2nc3ccc4[nH]ncc4c3c3c2CCCC3)cn1.c1ncc(-c2nc3ccc4[nH]ncc4c3c3c2CCCC3)[nH]1. The van der Waals surface area contributed by atoms with Crippen molar-refractivity contribution in [3.05, 3.63) is 218 Å². The van der Waals surface area contributed by atoms with Gasteiger partial charge in [0.1, 0.15) is 9.52 Å². The van der Waals surface area contributed by atoms with Gasteiger partial charge in [-0.3, -0.25) is 49.6 Å². The minimum absolute atomic E-state index is 0.0862. The maximum Gasteiger partial charge on any atom is 0.130 e. The number of hydrogen-bond donors (Lipinski definition) is 9. The zero-order chi connectivity index (χ0) is 81.2. The van der Waals surface area contributed by atoms with Gasteiger partial charge in [-0.25, -0.2) is 24.9 Å². The van der Waals surface area contributed by atoms with Crippen molar-refractivity contribution in [3.8, 4) is 45.2 Å². The van der Waals surface area contributed by atoms with Crippen molar-refractivity contribution in [3.63, 3.8) is 0 Å². The van der Waals surface area contributed by atoms with Crippen LogP contribution in [0.15, 0.2) is 147 Å². The van der Waals surface area contributed by atoms with Gasteiger partial charge in [-0.2, -0.15) is 45.9 Å². The van der Waals surface area contributed by atoms with E-state index in [2.05, 4.69) is 196 Å². The van der Waals surface area contributed by atoms with E-state index < -0.39 is 0 Å². The van der Waals surface area contributed by atoms with Gasteiger partial charge in [-0.1, -0.05) is 32.4 Å². The van der Waals surface area contributed by atoms with Crippen LogP contribution in [0.2, 0.25) is 0 Å². The zero-order valence-electron chi connectivity index (χ0n) is 67.4. The van der Waals surface area contributed by atoms with Crippen LogP contribution in [0.25, 0.3) is 145 Å². The number of hydrogen-bond acceptors (Lipinski definition) is 17. The number of allylic oxidation sites excluding steroid dienone is 2. The molecule has 0 radical (unpaired) electrons. The number of H-pyrrole nitrogens is 7. The van der Waals surface area contributed by atoms with E-state index in [0.29, 0.717) is 12.4 Å². The van der Waals surface area contributed by atoms with E-state index in [1.54, 1.807) is 40.4 Å². The number of aromatic nitrogens is 24. The quantitative estimate of drug-likeness (QED) is 0.0277. The van der Waals surface area contributed by atoms with Crippen LogP contribution in [0.3, 0.4) is 0 Å². The molecule has 0 fully saturated rings. The number of aliphatic hydroxyl groups is 1. The summed E-state index contributed by atoms with van der Waals surface area (Å²) in [6, 6.07) is 16.6. The Morgan fingerprint density at radius 3 is 1.63 bits per heavy atom. The third-order valence-electron chi connectivity index (χ3n) is 23.6. The highest BCUT2D eigenvalue weighted by Crippen LogP contribution is 2.44. The highest BCUT2D eigenvalue weighted by molar-refractivity contribution is 14.1. The first-order chi connectivity index (χ1) is 58.4. The third kappa shape index (κ3) is 15.1. The number of unbranched alkanes of at least 4 members (excludes halogenated alkanes) is 2. The number of anilines is 1. The number of rotatable bonds is 14. The van der Waals surface area contributed by atoms with E-state index in [1.165, 1.54) is 134 Å². The fraction of sp³-hybridized carbons (Fsp3) is 0.286. The average Bonchev–Trinajstić information content (AvgIpc) is 1.67. The fourth-order valence-corrected chi connectivity index (χ4v) is 18.5. The average molecular weight is 1690 g/mol. The molecule has 4 aliphatic rings. The molecule has 119 heavy (non-hydrogen) atoms.